The van der Waals surface area contributed by atoms with Gasteiger partial charge in [-0.05, 0) is 43.1 Å². The summed E-state index contributed by atoms with van der Waals surface area (Å²) in [4.78, 5) is 2.37. The Kier molecular flexibility index (Phi) is 4.90. The van der Waals surface area contributed by atoms with Gasteiger partial charge in [0.05, 0.1) is 25.9 Å². The van der Waals surface area contributed by atoms with Crippen LogP contribution in [0.5, 0.6) is 11.5 Å². The molecule has 25 heavy (non-hydrogen) atoms. The highest BCUT2D eigenvalue weighted by Gasteiger charge is 2.28. The molecular formula is C19H25N3O3. The van der Waals surface area contributed by atoms with Gasteiger partial charge in [0, 0.05) is 31.4 Å². The highest BCUT2D eigenvalue weighted by Crippen LogP contribution is 2.37. The van der Waals surface area contributed by atoms with Crippen LogP contribution in [-0.2, 0) is 6.54 Å². The maximum absolute atomic E-state index is 10.4. The van der Waals surface area contributed by atoms with Gasteiger partial charge < -0.3 is 14.6 Å². The monoisotopic (exact) mass is 343 g/mol. The van der Waals surface area contributed by atoms with Gasteiger partial charge in [-0.1, -0.05) is 6.07 Å². The van der Waals surface area contributed by atoms with Crippen LogP contribution in [0.15, 0.2) is 36.7 Å². The SMILES string of the molecule is O[C@H](CN1CCC[C@@H]1c1ccc2c(c1)OCCCO2)Cn1cccn1. The zero-order valence-electron chi connectivity index (χ0n) is 14.4. The summed E-state index contributed by atoms with van der Waals surface area (Å²) in [5.74, 6) is 1.68. The summed E-state index contributed by atoms with van der Waals surface area (Å²) in [7, 11) is 0. The average Bonchev–Trinajstić information content (AvgIpc) is 3.22. The number of hydrogen-bond acceptors (Lipinski definition) is 5. The van der Waals surface area contributed by atoms with E-state index in [0.29, 0.717) is 32.3 Å². The summed E-state index contributed by atoms with van der Waals surface area (Å²) >= 11 is 0. The van der Waals surface area contributed by atoms with E-state index >= 15 is 0 Å². The van der Waals surface area contributed by atoms with Crippen LogP contribution in [0.4, 0.5) is 0 Å². The Morgan fingerprint density at radius 1 is 1.16 bits per heavy atom. The third-order valence-electron chi connectivity index (χ3n) is 4.92. The summed E-state index contributed by atoms with van der Waals surface area (Å²) in [6.07, 6.45) is 6.36. The molecule has 6 heteroatoms. The highest BCUT2D eigenvalue weighted by molar-refractivity contribution is 5.44. The second kappa shape index (κ2) is 7.45. The summed E-state index contributed by atoms with van der Waals surface area (Å²) in [6.45, 7) is 3.60. The van der Waals surface area contributed by atoms with E-state index in [0.717, 1.165) is 37.3 Å². The molecule has 0 bridgehead atoms. The van der Waals surface area contributed by atoms with Crippen molar-refractivity contribution in [1.82, 2.24) is 14.7 Å². The lowest BCUT2D eigenvalue weighted by Crippen LogP contribution is -2.34. The molecular weight excluding hydrogens is 318 g/mol. The first-order valence-electron chi connectivity index (χ1n) is 9.09. The molecule has 2 aliphatic rings. The van der Waals surface area contributed by atoms with Crippen LogP contribution in [0.1, 0.15) is 30.9 Å². The predicted molar refractivity (Wildman–Crippen MR) is 93.8 cm³/mol. The van der Waals surface area contributed by atoms with Crippen LogP contribution in [-0.4, -0.2) is 52.2 Å². The minimum absolute atomic E-state index is 0.324. The predicted octanol–water partition coefficient (Wildman–Crippen LogP) is 2.24. The van der Waals surface area contributed by atoms with Crippen molar-refractivity contribution in [3.63, 3.8) is 0 Å². The van der Waals surface area contributed by atoms with Gasteiger partial charge in [0.1, 0.15) is 0 Å². The van der Waals surface area contributed by atoms with Crippen molar-refractivity contribution in [1.29, 1.82) is 0 Å². The van der Waals surface area contributed by atoms with Crippen LogP contribution >= 0.6 is 0 Å². The average molecular weight is 343 g/mol. The van der Waals surface area contributed by atoms with E-state index in [1.165, 1.54) is 5.56 Å². The summed E-state index contributed by atoms with van der Waals surface area (Å²) in [6, 6.07) is 8.47. The van der Waals surface area contributed by atoms with Gasteiger partial charge in [-0.25, -0.2) is 0 Å². The molecule has 0 radical (unpaired) electrons. The molecule has 1 saturated heterocycles. The van der Waals surface area contributed by atoms with Gasteiger partial charge in [0.25, 0.3) is 0 Å². The number of ether oxygens (including phenoxy) is 2. The van der Waals surface area contributed by atoms with Crippen LogP contribution < -0.4 is 9.47 Å². The molecule has 0 unspecified atom stereocenters. The number of benzene rings is 1. The van der Waals surface area contributed by atoms with E-state index in [9.17, 15) is 5.11 Å². The van der Waals surface area contributed by atoms with Crippen LogP contribution in [0.3, 0.4) is 0 Å². The molecule has 0 amide bonds. The maximum Gasteiger partial charge on any atom is 0.161 e. The Morgan fingerprint density at radius 3 is 2.88 bits per heavy atom. The van der Waals surface area contributed by atoms with E-state index in [2.05, 4.69) is 22.1 Å². The van der Waals surface area contributed by atoms with Gasteiger partial charge in [0.15, 0.2) is 11.5 Å². The van der Waals surface area contributed by atoms with E-state index in [1.807, 2.05) is 18.3 Å². The Hall–Kier alpha value is -2.05. The largest absolute Gasteiger partial charge is 0.490 e. The number of β-amino-alcohol motifs (C(OH)–C–C–N with tert-alkyl or cyclic N) is 1. The van der Waals surface area contributed by atoms with Gasteiger partial charge in [0.2, 0.25) is 0 Å². The number of nitrogens with zero attached hydrogens (tertiary/aromatic N) is 3. The first-order valence-corrected chi connectivity index (χ1v) is 9.09. The van der Waals surface area contributed by atoms with Crippen molar-refractivity contribution in [2.75, 3.05) is 26.3 Å². The lowest BCUT2D eigenvalue weighted by molar-refractivity contribution is 0.0890. The Balaban J connectivity index is 1.45. The molecule has 6 nitrogen and oxygen atoms in total. The number of likely N-dealkylation sites (tertiary alicyclic amines) is 1. The van der Waals surface area contributed by atoms with E-state index in [1.54, 1.807) is 10.9 Å². The van der Waals surface area contributed by atoms with Crippen molar-refractivity contribution < 1.29 is 14.6 Å². The molecule has 2 aliphatic heterocycles. The van der Waals surface area contributed by atoms with Gasteiger partial charge in [-0.3, -0.25) is 9.58 Å². The normalized spacial score (nSPS) is 21.9. The maximum atomic E-state index is 10.4. The lowest BCUT2D eigenvalue weighted by Gasteiger charge is -2.27. The molecule has 4 rings (SSSR count). The molecule has 0 aliphatic carbocycles. The second-order valence-corrected chi connectivity index (χ2v) is 6.79. The standard InChI is InChI=1S/C19H25N3O3/c23-16(14-22-9-2-7-20-22)13-21-8-1-4-17(21)15-5-6-18-19(12-15)25-11-3-10-24-18/h2,5-7,9,12,16-17,23H,1,3-4,8,10-11,13-14H2/t16-,17-/m1/s1. The van der Waals surface area contributed by atoms with Crippen molar-refractivity contribution in [3.8, 4) is 11.5 Å². The molecule has 1 fully saturated rings. The summed E-state index contributed by atoms with van der Waals surface area (Å²) in [5, 5.41) is 14.6. The fraction of sp³-hybridized carbons (Fsp3) is 0.526. The van der Waals surface area contributed by atoms with Crippen LogP contribution in [0.2, 0.25) is 0 Å². The van der Waals surface area contributed by atoms with Crippen molar-refractivity contribution in [3.05, 3.63) is 42.2 Å². The number of rotatable bonds is 5. The highest BCUT2D eigenvalue weighted by atomic mass is 16.5. The molecule has 0 saturated carbocycles. The first-order chi connectivity index (χ1) is 12.3. The fourth-order valence-corrected chi connectivity index (χ4v) is 3.76. The van der Waals surface area contributed by atoms with E-state index in [-0.39, 0.29) is 0 Å². The molecule has 1 aromatic carbocycles. The van der Waals surface area contributed by atoms with E-state index in [4.69, 9.17) is 9.47 Å². The van der Waals surface area contributed by atoms with Gasteiger partial charge in [-0.15, -0.1) is 0 Å². The van der Waals surface area contributed by atoms with Crippen molar-refractivity contribution in [2.24, 2.45) is 0 Å². The van der Waals surface area contributed by atoms with Gasteiger partial charge >= 0.3 is 0 Å². The zero-order valence-corrected chi connectivity index (χ0v) is 14.4. The first kappa shape index (κ1) is 16.4. The van der Waals surface area contributed by atoms with Crippen LogP contribution in [0.25, 0.3) is 0 Å². The fourth-order valence-electron chi connectivity index (χ4n) is 3.76. The number of aliphatic hydroxyl groups is 1. The van der Waals surface area contributed by atoms with Crippen molar-refractivity contribution >= 4 is 0 Å². The summed E-state index contributed by atoms with van der Waals surface area (Å²) in [5.41, 5.74) is 1.24. The minimum atomic E-state index is -0.430. The topological polar surface area (TPSA) is 59.8 Å². The number of aliphatic hydroxyl groups excluding tert-OH is 1. The van der Waals surface area contributed by atoms with Gasteiger partial charge in [-0.2, -0.15) is 5.10 Å². The third kappa shape index (κ3) is 3.80. The Morgan fingerprint density at radius 2 is 2.04 bits per heavy atom. The van der Waals surface area contributed by atoms with Crippen LogP contribution in [0, 0.1) is 0 Å². The zero-order chi connectivity index (χ0) is 17.1. The second-order valence-electron chi connectivity index (χ2n) is 6.79. The molecule has 134 valence electrons. The third-order valence-corrected chi connectivity index (χ3v) is 4.92. The Labute approximate surface area is 148 Å². The molecule has 2 atom stereocenters. The number of hydrogen-bond donors (Lipinski definition) is 1. The quantitative estimate of drug-likeness (QED) is 0.902. The minimum Gasteiger partial charge on any atom is -0.490 e. The summed E-state index contributed by atoms with van der Waals surface area (Å²) < 4.78 is 13.3. The molecule has 3 heterocycles. The molecule has 0 spiro atoms. The van der Waals surface area contributed by atoms with E-state index < -0.39 is 6.10 Å². The van der Waals surface area contributed by atoms with Crippen molar-refractivity contribution in [2.45, 2.75) is 38.0 Å². The number of aromatic nitrogens is 2. The lowest BCUT2D eigenvalue weighted by atomic mass is 10.0. The number of fused-ring (bicyclic) bond motifs is 1. The molecule has 2 aromatic rings. The molecule has 1 aromatic heterocycles. The smallest absolute Gasteiger partial charge is 0.161 e. The Bertz CT molecular complexity index is 689. The molecule has 1 N–H and O–H groups in total.